The summed E-state index contributed by atoms with van der Waals surface area (Å²) in [7, 11) is 0. The highest BCUT2D eigenvalue weighted by Gasteiger charge is 2.24. The van der Waals surface area contributed by atoms with Gasteiger partial charge in [0.05, 0.1) is 18.5 Å². The number of carbonyl (C=O) groups excluding carboxylic acids is 2. The van der Waals surface area contributed by atoms with Gasteiger partial charge < -0.3 is 18.6 Å². The molecule has 7 heteroatoms. The summed E-state index contributed by atoms with van der Waals surface area (Å²) in [4.78, 5) is 28.0. The minimum absolute atomic E-state index is 0.212. The fourth-order valence-corrected chi connectivity index (χ4v) is 5.07. The van der Waals surface area contributed by atoms with Crippen LogP contribution in [0, 0.1) is 13.8 Å². The number of aryl methyl sites for hydroxylation is 1. The third-order valence-electron chi connectivity index (χ3n) is 5.79. The van der Waals surface area contributed by atoms with Crippen molar-refractivity contribution in [2.75, 3.05) is 18.1 Å². The molecule has 1 aliphatic rings. The Morgan fingerprint density at radius 3 is 2.82 bits per heavy atom. The molecule has 1 amide bonds. The number of anilines is 1. The van der Waals surface area contributed by atoms with Gasteiger partial charge in [0.25, 0.3) is 5.91 Å². The van der Waals surface area contributed by atoms with Crippen molar-refractivity contribution in [3.8, 4) is 0 Å². The summed E-state index contributed by atoms with van der Waals surface area (Å²) in [5, 5.41) is 0.418. The lowest BCUT2D eigenvalue weighted by Gasteiger charge is -2.22. The number of thioether (sulfide) groups is 1. The van der Waals surface area contributed by atoms with E-state index in [0.29, 0.717) is 18.3 Å². The molecule has 0 bridgehead atoms. The SMILES string of the molecule is Cc1cc(/C=C/C(=O)OCC(=O)N2CCC(C)Sc3ccccc32)c(C)n1Cc1ccco1. The van der Waals surface area contributed by atoms with E-state index in [1.54, 1.807) is 29.0 Å². The monoisotopic (exact) mass is 464 g/mol. The molecule has 172 valence electrons. The van der Waals surface area contributed by atoms with Crippen LogP contribution in [-0.4, -0.2) is 34.8 Å². The van der Waals surface area contributed by atoms with Crippen LogP contribution in [0.2, 0.25) is 0 Å². The van der Waals surface area contributed by atoms with Crippen molar-refractivity contribution in [2.24, 2.45) is 0 Å². The Bertz CT molecular complexity index is 1160. The molecule has 4 rings (SSSR count). The van der Waals surface area contributed by atoms with E-state index in [-0.39, 0.29) is 12.5 Å². The van der Waals surface area contributed by atoms with E-state index >= 15 is 0 Å². The second-order valence-electron chi connectivity index (χ2n) is 8.16. The number of aromatic nitrogens is 1. The van der Waals surface area contributed by atoms with E-state index in [4.69, 9.17) is 9.15 Å². The number of amides is 1. The molecule has 0 fully saturated rings. The van der Waals surface area contributed by atoms with Crippen LogP contribution in [0.15, 0.2) is 64.1 Å². The zero-order chi connectivity index (χ0) is 23.4. The molecular formula is C26H28N2O4S. The molecule has 0 aliphatic carbocycles. The highest BCUT2D eigenvalue weighted by Crippen LogP contribution is 2.37. The largest absolute Gasteiger partial charge is 0.467 e. The van der Waals surface area contributed by atoms with Crippen LogP contribution >= 0.6 is 11.8 Å². The minimum atomic E-state index is -0.537. The van der Waals surface area contributed by atoms with Gasteiger partial charge in [-0.15, -0.1) is 11.8 Å². The summed E-state index contributed by atoms with van der Waals surface area (Å²) in [5.74, 6) is 0.119. The van der Waals surface area contributed by atoms with Crippen molar-refractivity contribution >= 4 is 35.4 Å². The molecule has 3 aromatic rings. The number of hydrogen-bond donors (Lipinski definition) is 0. The Kier molecular flexibility index (Phi) is 7.08. The van der Waals surface area contributed by atoms with Gasteiger partial charge >= 0.3 is 5.97 Å². The Balaban J connectivity index is 1.37. The maximum absolute atomic E-state index is 12.9. The van der Waals surface area contributed by atoms with Crippen molar-refractivity contribution in [1.29, 1.82) is 0 Å². The molecule has 3 heterocycles. The summed E-state index contributed by atoms with van der Waals surface area (Å²) in [6.07, 6.45) is 5.64. The van der Waals surface area contributed by atoms with E-state index in [2.05, 4.69) is 11.5 Å². The molecule has 2 aromatic heterocycles. The number of fused-ring (bicyclic) bond motifs is 1. The third-order valence-corrected chi connectivity index (χ3v) is 7.03. The number of para-hydroxylation sites is 1. The van der Waals surface area contributed by atoms with Crippen LogP contribution in [0.5, 0.6) is 0 Å². The van der Waals surface area contributed by atoms with Crippen molar-refractivity contribution in [2.45, 2.75) is 43.9 Å². The standard InChI is InChI=1S/C26H28N2O4S/c1-18-15-21(20(3)28(18)16-22-7-6-14-31-22)10-11-26(30)32-17-25(29)27-13-12-19(2)33-24-9-5-4-8-23(24)27/h4-11,14-15,19H,12-13,16-17H2,1-3H3/b11-10+. The van der Waals surface area contributed by atoms with Crippen LogP contribution < -0.4 is 4.90 Å². The van der Waals surface area contributed by atoms with Crippen LogP contribution in [0.1, 0.15) is 36.1 Å². The maximum atomic E-state index is 12.9. The highest BCUT2D eigenvalue weighted by molar-refractivity contribution is 8.00. The molecular weight excluding hydrogens is 436 g/mol. The second-order valence-corrected chi connectivity index (χ2v) is 9.64. The number of benzene rings is 1. The molecule has 33 heavy (non-hydrogen) atoms. The van der Waals surface area contributed by atoms with E-state index < -0.39 is 5.97 Å². The van der Waals surface area contributed by atoms with Gasteiger partial charge in [0.2, 0.25) is 0 Å². The van der Waals surface area contributed by atoms with Crippen molar-refractivity contribution in [3.05, 3.63) is 77.5 Å². The predicted octanol–water partition coefficient (Wildman–Crippen LogP) is 5.22. The number of rotatable bonds is 6. The number of esters is 1. The first-order valence-corrected chi connectivity index (χ1v) is 11.9. The first-order valence-electron chi connectivity index (χ1n) is 11.0. The smallest absolute Gasteiger partial charge is 0.331 e. The van der Waals surface area contributed by atoms with Gasteiger partial charge in [-0.25, -0.2) is 4.79 Å². The zero-order valence-electron chi connectivity index (χ0n) is 19.1. The summed E-state index contributed by atoms with van der Waals surface area (Å²) in [6.45, 7) is 7.13. The minimum Gasteiger partial charge on any atom is -0.467 e. The second kappa shape index (κ2) is 10.2. The van der Waals surface area contributed by atoms with Gasteiger partial charge in [0.1, 0.15) is 5.76 Å². The van der Waals surface area contributed by atoms with Crippen LogP contribution in [0.4, 0.5) is 5.69 Å². The first-order chi connectivity index (χ1) is 15.9. The topological polar surface area (TPSA) is 64.7 Å². The van der Waals surface area contributed by atoms with Gasteiger partial charge in [-0.3, -0.25) is 4.79 Å². The van der Waals surface area contributed by atoms with E-state index in [0.717, 1.165) is 39.7 Å². The van der Waals surface area contributed by atoms with Crippen LogP contribution in [0.25, 0.3) is 6.08 Å². The molecule has 0 saturated carbocycles. The predicted molar refractivity (Wildman–Crippen MR) is 130 cm³/mol. The summed E-state index contributed by atoms with van der Waals surface area (Å²) < 4.78 is 12.9. The number of ether oxygens (including phenoxy) is 1. The first kappa shape index (κ1) is 23.0. The van der Waals surface area contributed by atoms with Gasteiger partial charge in [0.15, 0.2) is 6.61 Å². The molecule has 1 aliphatic heterocycles. The van der Waals surface area contributed by atoms with E-state index in [1.165, 1.54) is 6.08 Å². The van der Waals surface area contributed by atoms with Gasteiger partial charge in [-0.2, -0.15) is 0 Å². The van der Waals surface area contributed by atoms with Gasteiger partial charge in [-0.1, -0.05) is 19.1 Å². The summed E-state index contributed by atoms with van der Waals surface area (Å²) in [6, 6.07) is 13.7. The average Bonchev–Trinajstić information content (AvgIpc) is 3.36. The lowest BCUT2D eigenvalue weighted by atomic mass is 10.2. The molecule has 0 saturated heterocycles. The fourth-order valence-electron chi connectivity index (χ4n) is 3.96. The van der Waals surface area contributed by atoms with Crippen molar-refractivity contribution in [3.63, 3.8) is 0 Å². The van der Waals surface area contributed by atoms with Gasteiger partial charge in [0, 0.05) is 34.2 Å². The molecule has 1 unspecified atom stereocenters. The zero-order valence-corrected chi connectivity index (χ0v) is 19.9. The quantitative estimate of drug-likeness (QED) is 0.370. The van der Waals surface area contributed by atoms with Crippen molar-refractivity contribution in [1.82, 2.24) is 4.57 Å². The van der Waals surface area contributed by atoms with E-state index in [9.17, 15) is 9.59 Å². The summed E-state index contributed by atoms with van der Waals surface area (Å²) >= 11 is 1.77. The van der Waals surface area contributed by atoms with Crippen LogP contribution in [0.3, 0.4) is 0 Å². The average molecular weight is 465 g/mol. The molecule has 0 N–H and O–H groups in total. The van der Waals surface area contributed by atoms with E-state index in [1.807, 2.05) is 56.3 Å². The highest BCUT2D eigenvalue weighted by atomic mass is 32.2. The Hall–Kier alpha value is -3.19. The molecule has 0 spiro atoms. The Labute approximate surface area is 198 Å². The number of hydrogen-bond acceptors (Lipinski definition) is 5. The molecule has 6 nitrogen and oxygen atoms in total. The molecule has 1 atom stereocenters. The number of carbonyl (C=O) groups is 2. The normalized spacial score (nSPS) is 16.0. The lowest BCUT2D eigenvalue weighted by molar-refractivity contribution is -0.142. The van der Waals surface area contributed by atoms with Crippen molar-refractivity contribution < 1.29 is 18.7 Å². The molecule has 0 radical (unpaired) electrons. The van der Waals surface area contributed by atoms with Gasteiger partial charge in [-0.05, 0) is 62.2 Å². The molecule has 1 aromatic carbocycles. The summed E-state index contributed by atoms with van der Waals surface area (Å²) in [5.41, 5.74) is 3.90. The Morgan fingerprint density at radius 1 is 1.21 bits per heavy atom. The Morgan fingerprint density at radius 2 is 2.03 bits per heavy atom. The third kappa shape index (κ3) is 5.42. The lowest BCUT2D eigenvalue weighted by Crippen LogP contribution is -2.35. The van der Waals surface area contributed by atoms with Crippen LogP contribution in [-0.2, 0) is 20.9 Å². The fraction of sp³-hybridized carbons (Fsp3) is 0.308. The maximum Gasteiger partial charge on any atom is 0.331 e. The number of nitrogens with zero attached hydrogens (tertiary/aromatic N) is 2. The number of furan rings is 1.